The first-order valence-electron chi connectivity index (χ1n) is 6.26. The van der Waals surface area contributed by atoms with Gasteiger partial charge in [-0.2, -0.15) is 0 Å². The first-order valence-corrected chi connectivity index (χ1v) is 6.26. The highest BCUT2D eigenvalue weighted by molar-refractivity contribution is 4.55. The molecule has 0 aliphatic carbocycles. The first-order chi connectivity index (χ1) is 6.70. The first kappa shape index (κ1) is 12.0. The van der Waals surface area contributed by atoms with Gasteiger partial charge in [0, 0.05) is 6.54 Å². The van der Waals surface area contributed by atoms with Crippen LogP contribution in [0.25, 0.3) is 0 Å². The second-order valence-corrected chi connectivity index (χ2v) is 4.88. The van der Waals surface area contributed by atoms with Gasteiger partial charge in [0.25, 0.3) is 0 Å². The molecule has 1 rings (SSSR count). The molecule has 1 fully saturated rings. The minimum Gasteiger partial charge on any atom is -0.325 e. The van der Waals surface area contributed by atoms with Gasteiger partial charge >= 0.3 is 0 Å². The van der Waals surface area contributed by atoms with Gasteiger partial charge < -0.3 is 4.48 Å². The quantitative estimate of drug-likeness (QED) is 0.612. The molecule has 0 atom stereocenters. The summed E-state index contributed by atoms with van der Waals surface area (Å²) < 4.78 is 1.32. The van der Waals surface area contributed by atoms with Gasteiger partial charge in [0.2, 0.25) is 0 Å². The van der Waals surface area contributed by atoms with Gasteiger partial charge in [-0.25, -0.2) is 0 Å². The van der Waals surface area contributed by atoms with Gasteiger partial charge in [-0.05, 0) is 32.4 Å². The van der Waals surface area contributed by atoms with Crippen LogP contribution in [0.2, 0.25) is 0 Å². The summed E-state index contributed by atoms with van der Waals surface area (Å²) in [7, 11) is 2.43. The van der Waals surface area contributed by atoms with Crippen molar-refractivity contribution < 1.29 is 4.48 Å². The lowest BCUT2D eigenvalue weighted by Crippen LogP contribution is -2.51. The molecule has 0 unspecified atom stereocenters. The molecular formula is C12H27N2+. The van der Waals surface area contributed by atoms with E-state index in [9.17, 15) is 0 Å². The van der Waals surface area contributed by atoms with E-state index in [-0.39, 0.29) is 0 Å². The molecule has 0 N–H and O–H groups in total. The fourth-order valence-electron chi connectivity index (χ4n) is 2.42. The van der Waals surface area contributed by atoms with Gasteiger partial charge in [-0.15, -0.1) is 0 Å². The van der Waals surface area contributed by atoms with Crippen LogP contribution in [0, 0.1) is 0 Å². The highest BCUT2D eigenvalue weighted by Crippen LogP contribution is 2.15. The third-order valence-corrected chi connectivity index (χ3v) is 3.75. The minimum absolute atomic E-state index is 1.20. The zero-order chi connectivity index (χ0) is 10.4. The van der Waals surface area contributed by atoms with Crippen LogP contribution in [0.15, 0.2) is 0 Å². The summed E-state index contributed by atoms with van der Waals surface area (Å²) in [5.41, 5.74) is 0. The van der Waals surface area contributed by atoms with Crippen molar-refractivity contribution in [2.45, 2.75) is 33.1 Å². The smallest absolute Gasteiger partial charge is 0.0913 e. The molecule has 0 bridgehead atoms. The Labute approximate surface area is 89.5 Å². The average Bonchev–Trinajstić information content (AvgIpc) is 2.20. The van der Waals surface area contributed by atoms with Crippen molar-refractivity contribution in [3.05, 3.63) is 0 Å². The molecule has 14 heavy (non-hydrogen) atoms. The normalized spacial score (nSPS) is 21.4. The maximum absolute atomic E-state index is 2.54. The van der Waals surface area contributed by atoms with Crippen LogP contribution in [0.3, 0.4) is 0 Å². The standard InChI is InChI=1S/C12H27N2/c1-4-13(5-2)9-12-14(3)10-7-6-8-11-14/h4-12H2,1-3H3/q+1. The Morgan fingerprint density at radius 3 is 2.07 bits per heavy atom. The Morgan fingerprint density at radius 1 is 1.00 bits per heavy atom. The van der Waals surface area contributed by atoms with Crippen LogP contribution in [-0.2, 0) is 0 Å². The van der Waals surface area contributed by atoms with Crippen molar-refractivity contribution >= 4 is 0 Å². The monoisotopic (exact) mass is 199 g/mol. The van der Waals surface area contributed by atoms with E-state index in [1.165, 1.54) is 63.0 Å². The molecule has 84 valence electrons. The van der Waals surface area contributed by atoms with Gasteiger partial charge in [0.15, 0.2) is 0 Å². The number of hydrogen-bond acceptors (Lipinski definition) is 1. The maximum Gasteiger partial charge on any atom is 0.0913 e. The molecule has 2 heteroatoms. The van der Waals surface area contributed by atoms with Crippen LogP contribution in [0.5, 0.6) is 0 Å². The Bertz CT molecular complexity index is 146. The number of likely N-dealkylation sites (tertiary alicyclic amines) is 1. The van der Waals surface area contributed by atoms with E-state index in [1.807, 2.05) is 0 Å². The van der Waals surface area contributed by atoms with E-state index < -0.39 is 0 Å². The van der Waals surface area contributed by atoms with Crippen LogP contribution >= 0.6 is 0 Å². The molecule has 0 spiro atoms. The van der Waals surface area contributed by atoms with Crippen molar-refractivity contribution in [3.8, 4) is 0 Å². The third-order valence-electron chi connectivity index (χ3n) is 3.75. The largest absolute Gasteiger partial charge is 0.325 e. The molecule has 1 aliphatic rings. The molecule has 1 heterocycles. The number of piperidine rings is 1. The molecular weight excluding hydrogens is 172 g/mol. The second kappa shape index (κ2) is 5.72. The lowest BCUT2D eigenvalue weighted by Gasteiger charge is -2.39. The van der Waals surface area contributed by atoms with Crippen molar-refractivity contribution in [2.24, 2.45) is 0 Å². The molecule has 2 nitrogen and oxygen atoms in total. The molecule has 0 aromatic heterocycles. The van der Waals surface area contributed by atoms with Gasteiger partial charge in [0.1, 0.15) is 0 Å². The number of rotatable bonds is 5. The molecule has 0 saturated carbocycles. The minimum atomic E-state index is 1.20. The van der Waals surface area contributed by atoms with Crippen LogP contribution < -0.4 is 0 Å². The van der Waals surface area contributed by atoms with E-state index in [0.717, 1.165) is 0 Å². The fraction of sp³-hybridized carbons (Fsp3) is 1.00. The molecule has 1 aliphatic heterocycles. The summed E-state index contributed by atoms with van der Waals surface area (Å²) in [6.07, 6.45) is 4.34. The lowest BCUT2D eigenvalue weighted by atomic mass is 10.1. The fourth-order valence-corrected chi connectivity index (χ4v) is 2.42. The van der Waals surface area contributed by atoms with Gasteiger partial charge in [-0.1, -0.05) is 13.8 Å². The number of hydrogen-bond donors (Lipinski definition) is 0. The summed E-state index contributed by atoms with van der Waals surface area (Å²) in [4.78, 5) is 2.54. The average molecular weight is 199 g/mol. The summed E-state index contributed by atoms with van der Waals surface area (Å²) in [5.74, 6) is 0. The zero-order valence-electron chi connectivity index (χ0n) is 10.3. The van der Waals surface area contributed by atoms with E-state index in [0.29, 0.717) is 0 Å². The van der Waals surface area contributed by atoms with Crippen molar-refractivity contribution in [1.29, 1.82) is 0 Å². The van der Waals surface area contributed by atoms with E-state index >= 15 is 0 Å². The predicted molar refractivity (Wildman–Crippen MR) is 62.4 cm³/mol. The van der Waals surface area contributed by atoms with Crippen LogP contribution in [0.4, 0.5) is 0 Å². The van der Waals surface area contributed by atoms with Gasteiger partial charge in [0.05, 0.1) is 26.7 Å². The molecule has 1 saturated heterocycles. The number of nitrogens with zero attached hydrogens (tertiary/aromatic N) is 2. The highest BCUT2D eigenvalue weighted by Gasteiger charge is 2.24. The molecule has 0 aromatic rings. The number of quaternary nitrogens is 1. The molecule has 0 aromatic carbocycles. The number of likely N-dealkylation sites (N-methyl/N-ethyl adjacent to an activating group) is 2. The van der Waals surface area contributed by atoms with Crippen molar-refractivity contribution in [1.82, 2.24) is 4.90 Å². The summed E-state index contributed by atoms with van der Waals surface area (Å²) in [5, 5.41) is 0. The van der Waals surface area contributed by atoms with Crippen LogP contribution in [0.1, 0.15) is 33.1 Å². The van der Waals surface area contributed by atoms with E-state index in [1.54, 1.807) is 0 Å². The molecule has 0 amide bonds. The topological polar surface area (TPSA) is 3.24 Å². The van der Waals surface area contributed by atoms with Crippen LogP contribution in [-0.4, -0.2) is 55.7 Å². The molecule has 0 radical (unpaired) electrons. The lowest BCUT2D eigenvalue weighted by molar-refractivity contribution is -0.913. The summed E-state index contributed by atoms with van der Waals surface area (Å²) in [6.45, 7) is 12.4. The summed E-state index contributed by atoms with van der Waals surface area (Å²) >= 11 is 0. The van der Waals surface area contributed by atoms with E-state index in [4.69, 9.17) is 0 Å². The van der Waals surface area contributed by atoms with Crippen molar-refractivity contribution in [2.75, 3.05) is 46.3 Å². The van der Waals surface area contributed by atoms with Gasteiger partial charge in [-0.3, -0.25) is 4.90 Å². The Hall–Kier alpha value is -0.0800. The van der Waals surface area contributed by atoms with E-state index in [2.05, 4.69) is 25.8 Å². The Morgan fingerprint density at radius 2 is 1.57 bits per heavy atom. The van der Waals surface area contributed by atoms with Crippen molar-refractivity contribution in [3.63, 3.8) is 0 Å². The maximum atomic E-state index is 2.54. The predicted octanol–water partition coefficient (Wildman–Crippen LogP) is 1.96. The second-order valence-electron chi connectivity index (χ2n) is 4.88. The SMILES string of the molecule is CCN(CC)CC[N+]1(C)CCCCC1. The Kier molecular flexibility index (Phi) is 4.90. The summed E-state index contributed by atoms with van der Waals surface area (Å²) in [6, 6.07) is 0. The highest BCUT2D eigenvalue weighted by atomic mass is 15.3. The Balaban J connectivity index is 2.27. The third kappa shape index (κ3) is 3.58. The zero-order valence-corrected chi connectivity index (χ0v) is 10.3.